The number of nitrogens with one attached hydrogen (secondary N) is 3. The third-order valence-electron chi connectivity index (χ3n) is 2.89. The van der Waals surface area contributed by atoms with Crippen LogP contribution < -0.4 is 22.3 Å². The predicted octanol–water partition coefficient (Wildman–Crippen LogP) is -0.180. The molecule has 0 aliphatic carbocycles. The predicted molar refractivity (Wildman–Crippen MR) is 74.4 cm³/mol. The van der Waals surface area contributed by atoms with Gasteiger partial charge in [0.05, 0.1) is 6.04 Å². The van der Waals surface area contributed by atoms with Crippen molar-refractivity contribution < 1.29 is 0 Å². The number of H-pyrrole nitrogens is 2. The molecule has 2 heterocycles. The van der Waals surface area contributed by atoms with E-state index in [1.54, 1.807) is 6.92 Å². The van der Waals surface area contributed by atoms with E-state index in [0.29, 0.717) is 12.4 Å². The highest BCUT2D eigenvalue weighted by Gasteiger charge is 2.16. The molecule has 0 aliphatic heterocycles. The van der Waals surface area contributed by atoms with E-state index in [1.165, 1.54) is 10.9 Å². The summed E-state index contributed by atoms with van der Waals surface area (Å²) < 4.78 is 1.33. The minimum absolute atomic E-state index is 0.118. The van der Waals surface area contributed by atoms with Gasteiger partial charge >= 0.3 is 5.69 Å². The van der Waals surface area contributed by atoms with E-state index in [2.05, 4.69) is 25.5 Å². The maximum atomic E-state index is 11.9. The molecule has 9 nitrogen and oxygen atoms in total. The Morgan fingerprint density at radius 2 is 2.25 bits per heavy atom. The van der Waals surface area contributed by atoms with Crippen molar-refractivity contribution in [3.63, 3.8) is 0 Å². The van der Waals surface area contributed by atoms with E-state index < -0.39 is 11.2 Å². The summed E-state index contributed by atoms with van der Waals surface area (Å²) in [5, 5.41) is 9.39. The molecule has 0 saturated carbocycles. The number of aromatic amines is 2. The molecule has 5 N–H and O–H groups in total. The zero-order chi connectivity index (χ0) is 14.7. The maximum absolute atomic E-state index is 11.9. The van der Waals surface area contributed by atoms with Gasteiger partial charge < -0.3 is 11.1 Å². The number of hydrogen-bond donors (Lipinski definition) is 4. The highest BCUT2D eigenvalue weighted by molar-refractivity contribution is 5.61. The van der Waals surface area contributed by atoms with Crippen molar-refractivity contribution in [2.24, 2.45) is 0 Å². The molecular formula is C11H17N7O2. The Morgan fingerprint density at radius 1 is 1.50 bits per heavy atom. The van der Waals surface area contributed by atoms with Gasteiger partial charge in [-0.3, -0.25) is 19.4 Å². The third-order valence-corrected chi connectivity index (χ3v) is 2.89. The molecule has 0 radical (unpaired) electrons. The van der Waals surface area contributed by atoms with Crippen molar-refractivity contribution in [3.8, 4) is 0 Å². The lowest BCUT2D eigenvalue weighted by atomic mass is 10.3. The molecule has 108 valence electrons. The lowest BCUT2D eigenvalue weighted by molar-refractivity contribution is 0.641. The summed E-state index contributed by atoms with van der Waals surface area (Å²) in [6.45, 7) is 4.16. The van der Waals surface area contributed by atoms with Gasteiger partial charge in [0.1, 0.15) is 23.7 Å². The standard InChI is InChI=1S/C11H17N7O2/c1-3-4-18-8(12)7(10(19)16-11(18)20)15-6(2)9-13-5-14-17-9/h5-6,15H,3-4,12H2,1-2H3,(H,13,14,17)(H,16,19,20). The Morgan fingerprint density at radius 3 is 2.85 bits per heavy atom. The molecule has 2 rings (SSSR count). The fourth-order valence-corrected chi connectivity index (χ4v) is 1.88. The van der Waals surface area contributed by atoms with E-state index >= 15 is 0 Å². The number of anilines is 2. The largest absolute Gasteiger partial charge is 0.383 e. The van der Waals surface area contributed by atoms with Crippen LogP contribution in [0.25, 0.3) is 0 Å². The molecule has 9 heteroatoms. The van der Waals surface area contributed by atoms with Gasteiger partial charge in [0.15, 0.2) is 0 Å². The molecule has 2 aromatic rings. The van der Waals surface area contributed by atoms with Crippen molar-refractivity contribution in [3.05, 3.63) is 33.0 Å². The summed E-state index contributed by atoms with van der Waals surface area (Å²) in [4.78, 5) is 29.8. The fourth-order valence-electron chi connectivity index (χ4n) is 1.88. The average Bonchev–Trinajstić information content (AvgIpc) is 2.93. The summed E-state index contributed by atoms with van der Waals surface area (Å²) in [5.41, 5.74) is 5.00. The second-order valence-electron chi connectivity index (χ2n) is 4.41. The van der Waals surface area contributed by atoms with E-state index in [-0.39, 0.29) is 17.5 Å². The monoisotopic (exact) mass is 279 g/mol. The Kier molecular flexibility index (Phi) is 3.87. The summed E-state index contributed by atoms with van der Waals surface area (Å²) in [6, 6.07) is -0.298. The molecule has 0 bridgehead atoms. The molecule has 0 fully saturated rings. The van der Waals surface area contributed by atoms with Crippen molar-refractivity contribution >= 4 is 11.5 Å². The van der Waals surface area contributed by atoms with Crippen LogP contribution in [-0.2, 0) is 6.54 Å². The highest BCUT2D eigenvalue weighted by atomic mass is 16.2. The fraction of sp³-hybridized carbons (Fsp3) is 0.455. The van der Waals surface area contributed by atoms with Crippen LogP contribution in [0.2, 0.25) is 0 Å². The first kappa shape index (κ1) is 13.8. The van der Waals surface area contributed by atoms with Crippen LogP contribution in [-0.4, -0.2) is 24.7 Å². The van der Waals surface area contributed by atoms with Gasteiger partial charge in [-0.15, -0.1) is 0 Å². The number of rotatable bonds is 5. The van der Waals surface area contributed by atoms with Crippen LogP contribution in [0.5, 0.6) is 0 Å². The normalized spacial score (nSPS) is 12.3. The summed E-state index contributed by atoms with van der Waals surface area (Å²) in [7, 11) is 0. The topological polar surface area (TPSA) is 134 Å². The molecule has 1 atom stereocenters. The Labute approximate surface area is 114 Å². The molecule has 0 amide bonds. The summed E-state index contributed by atoms with van der Waals surface area (Å²) in [5.74, 6) is 0.684. The van der Waals surface area contributed by atoms with E-state index in [4.69, 9.17) is 5.73 Å². The van der Waals surface area contributed by atoms with Crippen molar-refractivity contribution in [1.29, 1.82) is 0 Å². The van der Waals surface area contributed by atoms with Crippen LogP contribution >= 0.6 is 0 Å². The molecule has 0 spiro atoms. The molecule has 0 aromatic carbocycles. The quantitative estimate of drug-likeness (QED) is 0.599. The number of aromatic nitrogens is 5. The lowest BCUT2D eigenvalue weighted by Gasteiger charge is -2.16. The van der Waals surface area contributed by atoms with E-state index in [9.17, 15) is 9.59 Å². The number of nitrogen functional groups attached to an aromatic ring is 1. The first-order valence-corrected chi connectivity index (χ1v) is 6.29. The third kappa shape index (κ3) is 2.56. The maximum Gasteiger partial charge on any atom is 0.330 e. The van der Waals surface area contributed by atoms with Gasteiger partial charge in [0.25, 0.3) is 5.56 Å². The second-order valence-corrected chi connectivity index (χ2v) is 4.41. The SMILES string of the molecule is CCCn1c(N)c(NC(C)c2ncn[nH]2)c(=O)[nH]c1=O. The van der Waals surface area contributed by atoms with Crippen LogP contribution in [0.3, 0.4) is 0 Å². The molecule has 1 unspecified atom stereocenters. The number of nitrogens with zero attached hydrogens (tertiary/aromatic N) is 3. The Balaban J connectivity index is 2.39. The molecular weight excluding hydrogens is 262 g/mol. The Hall–Kier alpha value is -2.58. The minimum Gasteiger partial charge on any atom is -0.383 e. The van der Waals surface area contributed by atoms with Crippen LogP contribution in [0.4, 0.5) is 11.5 Å². The van der Waals surface area contributed by atoms with Crippen molar-refractivity contribution in [2.45, 2.75) is 32.9 Å². The lowest BCUT2D eigenvalue weighted by Crippen LogP contribution is -2.34. The zero-order valence-corrected chi connectivity index (χ0v) is 11.3. The number of nitrogens with two attached hydrogens (primary N) is 1. The first-order valence-electron chi connectivity index (χ1n) is 6.29. The van der Waals surface area contributed by atoms with Crippen LogP contribution in [0, 0.1) is 0 Å². The summed E-state index contributed by atoms with van der Waals surface area (Å²) >= 11 is 0. The van der Waals surface area contributed by atoms with Gasteiger partial charge in [0, 0.05) is 6.54 Å². The van der Waals surface area contributed by atoms with Crippen molar-refractivity contribution in [2.75, 3.05) is 11.1 Å². The zero-order valence-electron chi connectivity index (χ0n) is 11.3. The average molecular weight is 279 g/mol. The Bertz CT molecular complexity index is 686. The first-order chi connectivity index (χ1) is 9.54. The minimum atomic E-state index is -0.550. The van der Waals surface area contributed by atoms with Crippen molar-refractivity contribution in [1.82, 2.24) is 24.7 Å². The van der Waals surface area contributed by atoms with Gasteiger partial charge in [-0.25, -0.2) is 9.78 Å². The van der Waals surface area contributed by atoms with E-state index in [1.807, 2.05) is 6.92 Å². The van der Waals surface area contributed by atoms with Gasteiger partial charge in [0.2, 0.25) is 0 Å². The van der Waals surface area contributed by atoms with Gasteiger partial charge in [-0.05, 0) is 13.3 Å². The van der Waals surface area contributed by atoms with E-state index in [0.717, 1.165) is 6.42 Å². The smallest absolute Gasteiger partial charge is 0.330 e. The van der Waals surface area contributed by atoms with Gasteiger partial charge in [-0.2, -0.15) is 5.10 Å². The van der Waals surface area contributed by atoms with Crippen LogP contribution in [0.15, 0.2) is 15.9 Å². The van der Waals surface area contributed by atoms with Crippen LogP contribution in [0.1, 0.15) is 32.1 Å². The molecule has 20 heavy (non-hydrogen) atoms. The molecule has 2 aromatic heterocycles. The number of hydrogen-bond acceptors (Lipinski definition) is 6. The van der Waals surface area contributed by atoms with Gasteiger partial charge in [-0.1, -0.05) is 6.92 Å². The summed E-state index contributed by atoms with van der Waals surface area (Å²) in [6.07, 6.45) is 2.10. The molecule has 0 aliphatic rings. The second kappa shape index (κ2) is 5.59. The molecule has 0 saturated heterocycles. The highest BCUT2D eigenvalue weighted by Crippen LogP contribution is 2.17.